The van der Waals surface area contributed by atoms with Gasteiger partial charge in [0.15, 0.2) is 5.16 Å². The highest BCUT2D eigenvalue weighted by Gasteiger charge is 2.21. The predicted octanol–water partition coefficient (Wildman–Crippen LogP) is 5.72. The van der Waals surface area contributed by atoms with Crippen LogP contribution >= 0.6 is 23.4 Å². The van der Waals surface area contributed by atoms with Crippen LogP contribution in [0, 0.1) is 10.1 Å². The lowest BCUT2D eigenvalue weighted by Gasteiger charge is -2.14. The number of thioether (sulfide) groups is 1. The molecule has 1 aromatic heterocycles. The summed E-state index contributed by atoms with van der Waals surface area (Å²) in [6.45, 7) is 1.76. The van der Waals surface area contributed by atoms with E-state index in [4.69, 9.17) is 21.3 Å². The molecule has 33 heavy (non-hydrogen) atoms. The summed E-state index contributed by atoms with van der Waals surface area (Å²) in [4.78, 5) is 27.9. The quantitative estimate of drug-likeness (QED) is 0.205. The lowest BCUT2D eigenvalue weighted by Crippen LogP contribution is -2.23. The Balaban J connectivity index is 1.60. The predicted molar refractivity (Wildman–Crippen MR) is 130 cm³/mol. The average Bonchev–Trinajstić information content (AvgIpc) is 3.17. The Bertz CT molecular complexity index is 1340. The van der Waals surface area contributed by atoms with Gasteiger partial charge in [-0.3, -0.25) is 19.5 Å². The number of methoxy groups -OCH3 is 1. The highest BCUT2D eigenvalue weighted by atomic mass is 35.5. The van der Waals surface area contributed by atoms with Crippen LogP contribution in [0.2, 0.25) is 5.02 Å². The molecular formula is C23H19ClN4O4S. The number of imidazole rings is 1. The van der Waals surface area contributed by atoms with Gasteiger partial charge in [-0.1, -0.05) is 35.5 Å². The number of hydrogen-bond acceptors (Lipinski definition) is 6. The molecule has 168 valence electrons. The molecule has 4 rings (SSSR count). The minimum atomic E-state index is -0.542. The summed E-state index contributed by atoms with van der Waals surface area (Å²) in [7, 11) is 1.61. The maximum atomic E-state index is 12.9. The van der Waals surface area contributed by atoms with Gasteiger partial charge < -0.3 is 10.1 Å². The number of carbonyl (C=O) groups is 1. The maximum absolute atomic E-state index is 12.9. The zero-order chi connectivity index (χ0) is 23.5. The number of nitrogens with zero attached hydrogens (tertiary/aromatic N) is 3. The minimum absolute atomic E-state index is 0.0974. The largest absolute Gasteiger partial charge is 0.497 e. The zero-order valence-corrected chi connectivity index (χ0v) is 19.3. The molecule has 0 unspecified atom stereocenters. The van der Waals surface area contributed by atoms with Gasteiger partial charge in [-0.15, -0.1) is 0 Å². The van der Waals surface area contributed by atoms with Gasteiger partial charge in [0, 0.05) is 17.8 Å². The third-order valence-corrected chi connectivity index (χ3v) is 6.30. The fourth-order valence-corrected chi connectivity index (χ4v) is 4.39. The molecule has 8 nitrogen and oxygen atoms in total. The Morgan fingerprint density at radius 1 is 1.18 bits per heavy atom. The first-order valence-corrected chi connectivity index (χ1v) is 11.2. The molecule has 4 aromatic rings. The van der Waals surface area contributed by atoms with Crippen LogP contribution in [0.3, 0.4) is 0 Å². The summed E-state index contributed by atoms with van der Waals surface area (Å²) in [6, 6.07) is 19.2. The first-order valence-electron chi connectivity index (χ1n) is 9.90. The molecule has 1 heterocycles. The van der Waals surface area contributed by atoms with Crippen LogP contribution in [-0.2, 0) is 4.79 Å². The number of fused-ring (bicyclic) bond motifs is 1. The number of halogens is 1. The highest BCUT2D eigenvalue weighted by molar-refractivity contribution is 8.00. The summed E-state index contributed by atoms with van der Waals surface area (Å²) < 4.78 is 7.24. The standard InChI is InChI=1S/C23H19ClN4O4S/c1-14(22(29)25-19-12-9-16(28(30)31)13-18(19)24)33-23-26-20-5-3-4-6-21(20)27(23)15-7-10-17(32-2)11-8-15/h3-14H,1-2H3,(H,25,29)/t14-/m1/s1. The van der Waals surface area contributed by atoms with Crippen molar-refractivity contribution in [3.05, 3.63) is 81.9 Å². The molecule has 3 aromatic carbocycles. The van der Waals surface area contributed by atoms with Gasteiger partial charge in [0.1, 0.15) is 5.75 Å². The first kappa shape index (κ1) is 22.6. The average molecular weight is 483 g/mol. The Morgan fingerprint density at radius 2 is 1.91 bits per heavy atom. The van der Waals surface area contributed by atoms with E-state index in [9.17, 15) is 14.9 Å². The van der Waals surface area contributed by atoms with Crippen LogP contribution in [0.5, 0.6) is 5.75 Å². The van der Waals surface area contributed by atoms with Crippen molar-refractivity contribution in [3.8, 4) is 11.4 Å². The van der Waals surface area contributed by atoms with E-state index in [0.717, 1.165) is 22.5 Å². The number of anilines is 1. The number of amides is 1. The number of ether oxygens (including phenoxy) is 1. The number of hydrogen-bond donors (Lipinski definition) is 1. The minimum Gasteiger partial charge on any atom is -0.497 e. The van der Waals surface area contributed by atoms with Crippen molar-refractivity contribution < 1.29 is 14.5 Å². The molecule has 0 fully saturated rings. The van der Waals surface area contributed by atoms with E-state index in [0.29, 0.717) is 10.8 Å². The molecule has 1 atom stereocenters. The fraction of sp³-hybridized carbons (Fsp3) is 0.130. The molecule has 1 N–H and O–H groups in total. The van der Waals surface area contributed by atoms with E-state index < -0.39 is 10.2 Å². The highest BCUT2D eigenvalue weighted by Crippen LogP contribution is 2.32. The number of carbonyl (C=O) groups excluding carboxylic acids is 1. The smallest absolute Gasteiger partial charge is 0.271 e. The molecule has 0 spiro atoms. The van der Waals surface area contributed by atoms with Crippen LogP contribution in [0.4, 0.5) is 11.4 Å². The number of nitro groups is 1. The second-order valence-corrected chi connectivity index (χ2v) is 8.80. The summed E-state index contributed by atoms with van der Waals surface area (Å²) in [5.41, 5.74) is 2.77. The van der Waals surface area contributed by atoms with Crippen LogP contribution in [-0.4, -0.2) is 32.7 Å². The molecular weight excluding hydrogens is 464 g/mol. The lowest BCUT2D eigenvalue weighted by atomic mass is 10.2. The van der Waals surface area contributed by atoms with E-state index in [1.807, 2.05) is 53.1 Å². The van der Waals surface area contributed by atoms with Crippen LogP contribution in [0.25, 0.3) is 16.7 Å². The van der Waals surface area contributed by atoms with E-state index in [-0.39, 0.29) is 16.6 Å². The van der Waals surface area contributed by atoms with Crippen molar-refractivity contribution in [3.63, 3.8) is 0 Å². The molecule has 1 amide bonds. The summed E-state index contributed by atoms with van der Waals surface area (Å²) in [5.74, 6) is 0.439. The van der Waals surface area contributed by atoms with Crippen LogP contribution in [0.15, 0.2) is 71.9 Å². The van der Waals surface area contributed by atoms with Crippen LogP contribution in [0.1, 0.15) is 6.92 Å². The molecule has 0 saturated carbocycles. The van der Waals surface area contributed by atoms with E-state index in [2.05, 4.69) is 5.32 Å². The third kappa shape index (κ3) is 4.79. The SMILES string of the molecule is COc1ccc(-n2c(S[C@H](C)C(=O)Nc3ccc([N+](=O)[O-])cc3Cl)nc3ccccc32)cc1. The lowest BCUT2D eigenvalue weighted by molar-refractivity contribution is -0.384. The number of non-ortho nitro benzene ring substituents is 1. The molecule has 0 aliphatic rings. The van der Waals surface area contributed by atoms with Crippen molar-refractivity contribution in [1.82, 2.24) is 9.55 Å². The molecule has 0 aliphatic heterocycles. The van der Waals surface area contributed by atoms with Crippen LogP contribution < -0.4 is 10.1 Å². The number of nitrogens with one attached hydrogen (secondary N) is 1. The van der Waals surface area contributed by atoms with Crippen molar-refractivity contribution in [1.29, 1.82) is 0 Å². The molecule has 0 aliphatic carbocycles. The third-order valence-electron chi connectivity index (χ3n) is 4.93. The Kier molecular flexibility index (Phi) is 6.52. The summed E-state index contributed by atoms with van der Waals surface area (Å²) >= 11 is 7.41. The monoisotopic (exact) mass is 482 g/mol. The van der Waals surface area contributed by atoms with Gasteiger partial charge in [0.05, 0.1) is 39.0 Å². The van der Waals surface area contributed by atoms with E-state index >= 15 is 0 Å². The van der Waals surface area contributed by atoms with Gasteiger partial charge in [0.25, 0.3) is 5.69 Å². The van der Waals surface area contributed by atoms with Crippen molar-refractivity contribution in [2.45, 2.75) is 17.3 Å². The second kappa shape index (κ2) is 9.51. The molecule has 0 bridgehead atoms. The first-order chi connectivity index (χ1) is 15.9. The number of aromatic nitrogens is 2. The molecule has 0 radical (unpaired) electrons. The Hall–Kier alpha value is -3.56. The molecule has 10 heteroatoms. The van der Waals surface area contributed by atoms with Gasteiger partial charge in [-0.25, -0.2) is 4.98 Å². The van der Waals surface area contributed by atoms with Gasteiger partial charge in [-0.05, 0) is 49.4 Å². The maximum Gasteiger partial charge on any atom is 0.271 e. The Labute approximate surface area is 198 Å². The molecule has 0 saturated heterocycles. The van der Waals surface area contributed by atoms with Gasteiger partial charge in [0.2, 0.25) is 5.91 Å². The number of rotatable bonds is 7. The van der Waals surface area contributed by atoms with E-state index in [1.165, 1.54) is 30.0 Å². The summed E-state index contributed by atoms with van der Waals surface area (Å²) in [5, 5.41) is 13.9. The van der Waals surface area contributed by atoms with Crippen molar-refractivity contribution in [2.75, 3.05) is 12.4 Å². The fourth-order valence-electron chi connectivity index (χ4n) is 3.23. The topological polar surface area (TPSA) is 99.3 Å². The normalized spacial score (nSPS) is 11.8. The summed E-state index contributed by atoms with van der Waals surface area (Å²) in [6.07, 6.45) is 0. The Morgan fingerprint density at radius 3 is 2.58 bits per heavy atom. The zero-order valence-electron chi connectivity index (χ0n) is 17.7. The number of benzene rings is 3. The van der Waals surface area contributed by atoms with Crippen molar-refractivity contribution in [2.24, 2.45) is 0 Å². The number of nitro benzene ring substituents is 1. The van der Waals surface area contributed by atoms with Gasteiger partial charge >= 0.3 is 0 Å². The number of para-hydroxylation sites is 2. The van der Waals surface area contributed by atoms with E-state index in [1.54, 1.807) is 14.0 Å². The second-order valence-electron chi connectivity index (χ2n) is 7.09. The van der Waals surface area contributed by atoms with Crippen molar-refractivity contribution >= 4 is 51.7 Å². The van der Waals surface area contributed by atoms with Gasteiger partial charge in [-0.2, -0.15) is 0 Å².